The SMILES string of the molecule is CN[C@H](C(=O)N[C@H]1CCCC(Cn2nc(-c3ccc(Oc4ccccc4)cc3)c3c(N)ncnc32)C1)c1cc(C(C)(C)C)on1. The first kappa shape index (κ1) is 30.3. The van der Waals surface area contributed by atoms with Gasteiger partial charge in [0.05, 0.1) is 5.39 Å². The molecule has 3 heterocycles. The fourth-order valence-electron chi connectivity index (χ4n) is 5.97. The van der Waals surface area contributed by atoms with Crippen LogP contribution < -0.4 is 21.1 Å². The first-order valence-electron chi connectivity index (χ1n) is 15.4. The van der Waals surface area contributed by atoms with Gasteiger partial charge < -0.3 is 25.6 Å². The average Bonchev–Trinajstić information content (AvgIpc) is 3.66. The van der Waals surface area contributed by atoms with E-state index in [2.05, 4.69) is 46.5 Å². The monoisotopic (exact) mass is 608 g/mol. The minimum absolute atomic E-state index is 0.0410. The normalized spacial score (nSPS) is 17.7. The van der Waals surface area contributed by atoms with Gasteiger partial charge in [-0.05, 0) is 68.6 Å². The minimum Gasteiger partial charge on any atom is -0.457 e. The van der Waals surface area contributed by atoms with Gasteiger partial charge in [-0.2, -0.15) is 5.10 Å². The zero-order chi connectivity index (χ0) is 31.6. The van der Waals surface area contributed by atoms with Crippen molar-refractivity contribution in [1.29, 1.82) is 0 Å². The fourth-order valence-corrected chi connectivity index (χ4v) is 5.97. The lowest BCUT2D eigenvalue weighted by Crippen LogP contribution is -2.44. The average molecular weight is 609 g/mol. The standard InChI is InChI=1S/C34H40N8O3/c1-34(2,3)27-18-26(41-45-27)30(36-4)33(43)39-23-10-8-9-21(17-23)19-42-32-28(31(35)37-20-38-32)29(40-42)22-13-15-25(16-14-22)44-24-11-6-5-7-12-24/h5-7,11-16,18,20-21,23,30,36H,8-10,17,19H2,1-4H3,(H,39,43)(H2,35,37,38)/t21?,23-,30-/m0/s1. The fraction of sp³-hybridized carbons (Fsp3) is 0.382. The number of aromatic nitrogens is 5. The first-order valence-corrected chi connectivity index (χ1v) is 15.4. The van der Waals surface area contributed by atoms with Gasteiger partial charge in [-0.25, -0.2) is 14.6 Å². The van der Waals surface area contributed by atoms with E-state index in [1.807, 2.05) is 65.3 Å². The molecular weight excluding hydrogens is 568 g/mol. The minimum atomic E-state index is -0.591. The van der Waals surface area contributed by atoms with Crippen LogP contribution >= 0.6 is 0 Å². The summed E-state index contributed by atoms with van der Waals surface area (Å²) in [6.07, 6.45) is 5.26. The van der Waals surface area contributed by atoms with Gasteiger partial charge in [-0.15, -0.1) is 0 Å². The van der Waals surface area contributed by atoms with Crippen LogP contribution in [-0.4, -0.2) is 43.9 Å². The molecule has 0 saturated heterocycles. The Morgan fingerprint density at radius 3 is 2.56 bits per heavy atom. The Hall–Kier alpha value is -4.77. The van der Waals surface area contributed by atoms with E-state index in [1.54, 1.807) is 7.05 Å². The van der Waals surface area contributed by atoms with Crippen LogP contribution in [0.15, 0.2) is 71.5 Å². The Labute approximate surface area is 262 Å². The lowest BCUT2D eigenvalue weighted by molar-refractivity contribution is -0.124. The Morgan fingerprint density at radius 1 is 1.09 bits per heavy atom. The summed E-state index contributed by atoms with van der Waals surface area (Å²) in [5.74, 6) is 2.82. The van der Waals surface area contributed by atoms with E-state index in [-0.39, 0.29) is 17.4 Å². The van der Waals surface area contributed by atoms with Gasteiger partial charge in [-0.3, -0.25) is 4.79 Å². The number of nitrogen functional groups attached to an aromatic ring is 1. The van der Waals surface area contributed by atoms with Gasteiger partial charge in [0.1, 0.15) is 46.8 Å². The molecule has 3 atom stereocenters. The number of carbonyl (C=O) groups excluding carboxylic acids is 1. The van der Waals surface area contributed by atoms with Crippen LogP contribution in [0.1, 0.15) is 64.0 Å². The number of para-hydroxylation sites is 1. The number of fused-ring (bicyclic) bond motifs is 1. The van der Waals surface area contributed by atoms with Crippen LogP contribution in [0.2, 0.25) is 0 Å². The van der Waals surface area contributed by atoms with Crippen LogP contribution in [0.25, 0.3) is 22.3 Å². The molecule has 45 heavy (non-hydrogen) atoms. The molecule has 0 aliphatic heterocycles. The van der Waals surface area contributed by atoms with Crippen molar-refractivity contribution in [2.75, 3.05) is 12.8 Å². The van der Waals surface area contributed by atoms with Crippen molar-refractivity contribution in [3.8, 4) is 22.8 Å². The van der Waals surface area contributed by atoms with E-state index in [9.17, 15) is 4.79 Å². The number of rotatable bonds is 9. The molecule has 1 unspecified atom stereocenters. The third-order valence-corrected chi connectivity index (χ3v) is 8.34. The Kier molecular flexibility index (Phi) is 8.53. The Morgan fingerprint density at radius 2 is 1.84 bits per heavy atom. The quantitative estimate of drug-likeness (QED) is 0.189. The maximum atomic E-state index is 13.4. The zero-order valence-electron chi connectivity index (χ0n) is 26.2. The molecule has 234 valence electrons. The van der Waals surface area contributed by atoms with Crippen molar-refractivity contribution in [1.82, 2.24) is 35.5 Å². The Bertz CT molecular complexity index is 1760. The molecule has 1 aliphatic carbocycles. The molecule has 2 aromatic carbocycles. The van der Waals surface area contributed by atoms with E-state index in [0.717, 1.165) is 59.6 Å². The highest BCUT2D eigenvalue weighted by molar-refractivity contribution is 5.98. The van der Waals surface area contributed by atoms with Crippen LogP contribution in [0.5, 0.6) is 11.5 Å². The molecule has 0 bridgehead atoms. The number of likely N-dealkylation sites (N-methyl/N-ethyl adjacent to an activating group) is 1. The number of anilines is 1. The number of carbonyl (C=O) groups is 1. The topological polar surface area (TPSA) is 146 Å². The van der Waals surface area contributed by atoms with Crippen LogP contribution in [0, 0.1) is 5.92 Å². The summed E-state index contributed by atoms with van der Waals surface area (Å²) in [6.45, 7) is 6.82. The summed E-state index contributed by atoms with van der Waals surface area (Å²) in [7, 11) is 1.76. The molecule has 0 radical (unpaired) electrons. The molecule has 11 heteroatoms. The summed E-state index contributed by atoms with van der Waals surface area (Å²) in [4.78, 5) is 22.2. The number of nitrogens with one attached hydrogen (secondary N) is 2. The summed E-state index contributed by atoms with van der Waals surface area (Å²) < 4.78 is 13.4. The van der Waals surface area contributed by atoms with Gasteiger partial charge in [-0.1, -0.05) is 50.5 Å². The lowest BCUT2D eigenvalue weighted by atomic mass is 9.85. The molecule has 6 rings (SSSR count). The van der Waals surface area contributed by atoms with Gasteiger partial charge in [0.25, 0.3) is 0 Å². The highest BCUT2D eigenvalue weighted by Crippen LogP contribution is 2.34. The number of nitrogens with two attached hydrogens (primary N) is 1. The molecule has 4 N–H and O–H groups in total. The van der Waals surface area contributed by atoms with E-state index in [1.165, 1.54) is 6.33 Å². The molecular formula is C34H40N8O3. The van der Waals surface area contributed by atoms with Crippen LogP contribution in [0.4, 0.5) is 5.82 Å². The molecule has 11 nitrogen and oxygen atoms in total. The van der Waals surface area contributed by atoms with Crippen molar-refractivity contribution < 1.29 is 14.1 Å². The number of benzene rings is 2. The Balaban J connectivity index is 1.16. The highest BCUT2D eigenvalue weighted by Gasteiger charge is 2.30. The van der Waals surface area contributed by atoms with Gasteiger partial charge in [0.15, 0.2) is 5.65 Å². The lowest BCUT2D eigenvalue weighted by Gasteiger charge is -2.30. The van der Waals surface area contributed by atoms with Gasteiger partial charge in [0.2, 0.25) is 5.91 Å². The molecule has 5 aromatic rings. The van der Waals surface area contributed by atoms with E-state index in [0.29, 0.717) is 29.6 Å². The van der Waals surface area contributed by atoms with Gasteiger partial charge in [0, 0.05) is 29.6 Å². The summed E-state index contributed by atoms with van der Waals surface area (Å²) in [5.41, 5.74) is 9.09. The first-order chi connectivity index (χ1) is 21.7. The third kappa shape index (κ3) is 6.68. The molecule has 0 spiro atoms. The number of amides is 1. The van der Waals surface area contributed by atoms with Crippen LogP contribution in [0.3, 0.4) is 0 Å². The zero-order valence-corrected chi connectivity index (χ0v) is 26.2. The van der Waals surface area contributed by atoms with Crippen molar-refractivity contribution in [3.05, 3.63) is 78.4 Å². The smallest absolute Gasteiger partial charge is 0.243 e. The summed E-state index contributed by atoms with van der Waals surface area (Å²) >= 11 is 0. The highest BCUT2D eigenvalue weighted by atomic mass is 16.5. The summed E-state index contributed by atoms with van der Waals surface area (Å²) in [6, 6.07) is 18.8. The van der Waals surface area contributed by atoms with E-state index in [4.69, 9.17) is 20.1 Å². The van der Waals surface area contributed by atoms with Crippen molar-refractivity contribution in [3.63, 3.8) is 0 Å². The second kappa shape index (κ2) is 12.7. The largest absolute Gasteiger partial charge is 0.457 e. The number of hydrogen-bond acceptors (Lipinski definition) is 9. The molecule has 1 amide bonds. The van der Waals surface area contributed by atoms with Crippen LogP contribution in [-0.2, 0) is 16.8 Å². The van der Waals surface area contributed by atoms with Gasteiger partial charge >= 0.3 is 0 Å². The second-order valence-electron chi connectivity index (χ2n) is 12.8. The molecule has 1 fully saturated rings. The number of hydrogen-bond donors (Lipinski definition) is 3. The maximum absolute atomic E-state index is 13.4. The molecule has 3 aromatic heterocycles. The van der Waals surface area contributed by atoms with E-state index < -0.39 is 6.04 Å². The van der Waals surface area contributed by atoms with Crippen molar-refractivity contribution in [2.24, 2.45) is 5.92 Å². The number of nitrogens with zero attached hydrogens (tertiary/aromatic N) is 5. The maximum Gasteiger partial charge on any atom is 0.243 e. The van der Waals surface area contributed by atoms with Crippen molar-refractivity contribution in [2.45, 2.75) is 70.5 Å². The predicted molar refractivity (Wildman–Crippen MR) is 173 cm³/mol. The number of ether oxygens (including phenoxy) is 1. The van der Waals surface area contributed by atoms with Crippen molar-refractivity contribution >= 4 is 22.8 Å². The third-order valence-electron chi connectivity index (χ3n) is 8.34. The molecule has 1 saturated carbocycles. The predicted octanol–water partition coefficient (Wildman–Crippen LogP) is 5.79. The second-order valence-corrected chi connectivity index (χ2v) is 12.8. The summed E-state index contributed by atoms with van der Waals surface area (Å²) in [5, 5.41) is 16.3. The molecule has 1 aliphatic rings. The van der Waals surface area contributed by atoms with E-state index >= 15 is 0 Å².